The van der Waals surface area contributed by atoms with E-state index in [0.717, 1.165) is 4.68 Å². The van der Waals surface area contributed by atoms with E-state index in [2.05, 4.69) is 15.3 Å². The van der Waals surface area contributed by atoms with Crippen LogP contribution in [-0.4, -0.2) is 25.0 Å². The van der Waals surface area contributed by atoms with E-state index in [-0.39, 0.29) is 17.8 Å². The van der Waals surface area contributed by atoms with Crippen molar-refractivity contribution in [3.05, 3.63) is 16.4 Å². The van der Waals surface area contributed by atoms with Crippen molar-refractivity contribution >= 4 is 11.2 Å². The predicted octanol–water partition coefficient (Wildman–Crippen LogP) is -1.43. The number of H-pyrrole nitrogens is 1. The molecule has 2 rings (SSSR count). The number of halogens is 1. The van der Waals surface area contributed by atoms with E-state index < -0.39 is 11.6 Å². The van der Waals surface area contributed by atoms with E-state index in [1.165, 1.54) is 0 Å². The Labute approximate surface area is 70.4 Å². The summed E-state index contributed by atoms with van der Waals surface area (Å²) in [6.07, 6.45) is -0.977. The lowest BCUT2D eigenvalue weighted by atomic mass is 10.5. The van der Waals surface area contributed by atoms with Crippen LogP contribution in [0.15, 0.2) is 4.79 Å². The van der Waals surface area contributed by atoms with Gasteiger partial charge in [0.2, 0.25) is 0 Å². The highest BCUT2D eigenvalue weighted by molar-refractivity contribution is 5.67. The Hall–Kier alpha value is -1.83. The Balaban J connectivity index is 2.90. The van der Waals surface area contributed by atoms with Crippen molar-refractivity contribution in [3.63, 3.8) is 0 Å². The van der Waals surface area contributed by atoms with Crippen molar-refractivity contribution in [2.45, 2.75) is 6.67 Å². The summed E-state index contributed by atoms with van der Waals surface area (Å²) in [5.74, 6) is 0. The molecule has 0 unspecified atom stereocenters. The highest BCUT2D eigenvalue weighted by Crippen LogP contribution is 2.00. The number of hydrogen-bond acceptors (Lipinski definition) is 5. The molecule has 0 aliphatic rings. The molecule has 0 aliphatic carbocycles. The molecule has 2 aromatic rings. The summed E-state index contributed by atoms with van der Waals surface area (Å²) in [6.45, 7) is -0.00755. The van der Waals surface area contributed by atoms with Crippen LogP contribution in [-0.2, 0) is 6.67 Å². The molecular formula is C5H5FN6O. The minimum atomic E-state index is -0.977. The fourth-order valence-electron chi connectivity index (χ4n) is 0.962. The Morgan fingerprint density at radius 2 is 2.38 bits per heavy atom. The number of rotatable bonds is 1. The molecule has 0 atom stereocenters. The molecule has 2 aromatic heterocycles. The van der Waals surface area contributed by atoms with Gasteiger partial charge in [0.05, 0.1) is 6.67 Å². The summed E-state index contributed by atoms with van der Waals surface area (Å²) in [4.78, 5) is 16.3. The summed E-state index contributed by atoms with van der Waals surface area (Å²) in [7, 11) is 0. The molecule has 7 nitrogen and oxygen atoms in total. The molecule has 0 saturated carbocycles. The van der Waals surface area contributed by atoms with E-state index in [1.54, 1.807) is 0 Å². The number of fused-ring (bicyclic) bond motifs is 1. The summed E-state index contributed by atoms with van der Waals surface area (Å²) < 4.78 is 13.7. The fraction of sp³-hybridized carbons (Fsp3) is 0.200. The van der Waals surface area contributed by atoms with Gasteiger partial charge in [0, 0.05) is 0 Å². The smallest absolute Gasteiger partial charge is 0.291 e. The standard InChI is InChI=1S/C5H5FN6O/c6-5-8-3-2(4(13)9-5)10-11-12(3)1-7/h1,7H2,(H,8,9,13). The average Bonchev–Trinajstić information content (AvgIpc) is 2.47. The van der Waals surface area contributed by atoms with Gasteiger partial charge in [-0.05, 0) is 0 Å². The molecule has 68 valence electrons. The van der Waals surface area contributed by atoms with E-state index >= 15 is 0 Å². The van der Waals surface area contributed by atoms with E-state index in [9.17, 15) is 9.18 Å². The van der Waals surface area contributed by atoms with Gasteiger partial charge in [-0.15, -0.1) is 5.10 Å². The van der Waals surface area contributed by atoms with Gasteiger partial charge in [-0.1, -0.05) is 5.21 Å². The van der Waals surface area contributed by atoms with Crippen LogP contribution in [0, 0.1) is 6.08 Å². The molecule has 8 heteroatoms. The third kappa shape index (κ3) is 1.07. The zero-order valence-electron chi connectivity index (χ0n) is 6.36. The molecule has 0 amide bonds. The van der Waals surface area contributed by atoms with Gasteiger partial charge in [-0.3, -0.25) is 9.78 Å². The molecule has 0 aromatic carbocycles. The lowest BCUT2D eigenvalue weighted by Crippen LogP contribution is -2.13. The first-order valence-corrected chi connectivity index (χ1v) is 3.41. The summed E-state index contributed by atoms with van der Waals surface area (Å²) in [6, 6.07) is 0. The van der Waals surface area contributed by atoms with Gasteiger partial charge in [-0.2, -0.15) is 9.37 Å². The highest BCUT2D eigenvalue weighted by Gasteiger charge is 2.09. The first-order valence-electron chi connectivity index (χ1n) is 3.41. The Morgan fingerprint density at radius 3 is 3.08 bits per heavy atom. The second-order valence-electron chi connectivity index (χ2n) is 2.30. The largest absolute Gasteiger partial charge is 0.312 e. The minimum Gasteiger partial charge on any atom is -0.312 e. The van der Waals surface area contributed by atoms with Crippen LogP contribution < -0.4 is 11.3 Å². The molecule has 0 spiro atoms. The van der Waals surface area contributed by atoms with Gasteiger partial charge in [0.15, 0.2) is 11.2 Å². The molecule has 3 N–H and O–H groups in total. The zero-order chi connectivity index (χ0) is 9.42. The third-order valence-corrected chi connectivity index (χ3v) is 1.52. The van der Waals surface area contributed by atoms with Crippen molar-refractivity contribution in [1.82, 2.24) is 25.0 Å². The van der Waals surface area contributed by atoms with Crippen molar-refractivity contribution in [2.75, 3.05) is 0 Å². The van der Waals surface area contributed by atoms with Crippen LogP contribution in [0.25, 0.3) is 11.2 Å². The third-order valence-electron chi connectivity index (χ3n) is 1.52. The maximum atomic E-state index is 12.6. The second-order valence-corrected chi connectivity index (χ2v) is 2.30. The number of nitrogens with two attached hydrogens (primary N) is 1. The molecule has 13 heavy (non-hydrogen) atoms. The maximum absolute atomic E-state index is 12.6. The van der Waals surface area contributed by atoms with E-state index in [0.29, 0.717) is 0 Å². The number of aromatic nitrogens is 5. The van der Waals surface area contributed by atoms with Crippen LogP contribution in [0.2, 0.25) is 0 Å². The Morgan fingerprint density at radius 1 is 1.62 bits per heavy atom. The number of nitrogens with one attached hydrogen (secondary N) is 1. The van der Waals surface area contributed by atoms with E-state index in [4.69, 9.17) is 5.73 Å². The monoisotopic (exact) mass is 184 g/mol. The molecule has 0 radical (unpaired) electrons. The van der Waals surface area contributed by atoms with Crippen molar-refractivity contribution in [3.8, 4) is 0 Å². The number of aromatic amines is 1. The SMILES string of the molecule is NCn1nnc2c(=O)[nH]c(F)nc21. The Kier molecular flexibility index (Phi) is 1.55. The molecular weight excluding hydrogens is 179 g/mol. The van der Waals surface area contributed by atoms with Gasteiger partial charge < -0.3 is 5.73 Å². The van der Waals surface area contributed by atoms with Crippen LogP contribution in [0.4, 0.5) is 4.39 Å². The van der Waals surface area contributed by atoms with Crippen molar-refractivity contribution in [2.24, 2.45) is 5.73 Å². The highest BCUT2D eigenvalue weighted by atomic mass is 19.1. The second kappa shape index (κ2) is 2.59. The van der Waals surface area contributed by atoms with Crippen LogP contribution in [0.3, 0.4) is 0 Å². The van der Waals surface area contributed by atoms with Crippen molar-refractivity contribution < 1.29 is 4.39 Å². The van der Waals surface area contributed by atoms with E-state index in [1.807, 2.05) is 4.98 Å². The lowest BCUT2D eigenvalue weighted by Gasteiger charge is -1.93. The molecule has 2 heterocycles. The van der Waals surface area contributed by atoms with Crippen LogP contribution in [0.1, 0.15) is 0 Å². The Bertz CT molecular complexity index is 501. The zero-order valence-corrected chi connectivity index (χ0v) is 6.36. The lowest BCUT2D eigenvalue weighted by molar-refractivity contribution is 0.534. The molecule has 0 fully saturated rings. The summed E-state index contributed by atoms with van der Waals surface area (Å²) >= 11 is 0. The van der Waals surface area contributed by atoms with Crippen molar-refractivity contribution in [1.29, 1.82) is 0 Å². The predicted molar refractivity (Wildman–Crippen MR) is 40.1 cm³/mol. The van der Waals surface area contributed by atoms with Gasteiger partial charge >= 0.3 is 0 Å². The fourth-order valence-corrected chi connectivity index (χ4v) is 0.962. The maximum Gasteiger partial charge on any atom is 0.291 e. The number of nitrogens with zero attached hydrogens (tertiary/aromatic N) is 4. The minimum absolute atomic E-state index is 0.00755. The molecule has 0 bridgehead atoms. The van der Waals surface area contributed by atoms with Crippen LogP contribution in [0.5, 0.6) is 0 Å². The average molecular weight is 184 g/mol. The first-order chi connectivity index (χ1) is 6.22. The number of hydrogen-bond donors (Lipinski definition) is 2. The molecule has 0 aliphatic heterocycles. The van der Waals surface area contributed by atoms with Gasteiger partial charge in [0.1, 0.15) is 0 Å². The molecule has 0 saturated heterocycles. The summed E-state index contributed by atoms with van der Waals surface area (Å²) in [5, 5.41) is 7.00. The first kappa shape index (κ1) is 7.80. The normalized spacial score (nSPS) is 10.9. The van der Waals surface area contributed by atoms with Gasteiger partial charge in [-0.25, -0.2) is 4.68 Å². The van der Waals surface area contributed by atoms with Crippen LogP contribution >= 0.6 is 0 Å². The topological polar surface area (TPSA) is 102 Å². The van der Waals surface area contributed by atoms with Gasteiger partial charge in [0.25, 0.3) is 11.6 Å². The summed E-state index contributed by atoms with van der Waals surface area (Å²) in [5.41, 5.74) is 4.61. The quantitative estimate of drug-likeness (QED) is 0.529.